The Hall–Kier alpha value is -1.01. The van der Waals surface area contributed by atoms with Crippen LogP contribution in [0.2, 0.25) is 0 Å². The van der Waals surface area contributed by atoms with Crippen molar-refractivity contribution in [2.75, 3.05) is 39.2 Å². The van der Waals surface area contributed by atoms with Crippen LogP contribution < -0.4 is 0 Å². The fraction of sp³-hybridized carbons (Fsp3) is 0.889. The first-order valence-corrected chi connectivity index (χ1v) is 19.2. The summed E-state index contributed by atoms with van der Waals surface area (Å²) in [5, 5.41) is 0. The lowest BCUT2D eigenvalue weighted by molar-refractivity contribution is -0.145. The minimum absolute atomic E-state index is 0.0100. The molecule has 4 rings (SSSR count). The molecule has 0 aromatic carbocycles. The summed E-state index contributed by atoms with van der Waals surface area (Å²) in [7, 11) is -2.37. The standard InChI is InChI=1S/C36H61O7P/c1-26(2)7-6-8-27(3)31-11-12-32-30-10-9-28-25-29(13-16-35(28,4)33(30)14-17-36(31,32)5)41-22-20-40-21-23-42-34(38)15-24-44(39)43-19-18-37/h9,18,26-27,29-33,44H,6-8,10-17,19-25H2,1-5H3/t27-,29+,30+,31-,32+,33+,35+,36-/m1/s1. The van der Waals surface area contributed by atoms with Crippen molar-refractivity contribution in [3.8, 4) is 0 Å². The fourth-order valence-corrected chi connectivity index (χ4v) is 10.7. The molecule has 3 saturated carbocycles. The van der Waals surface area contributed by atoms with Crippen LogP contribution in [0.4, 0.5) is 0 Å². The summed E-state index contributed by atoms with van der Waals surface area (Å²) in [6, 6.07) is 0. The van der Waals surface area contributed by atoms with E-state index >= 15 is 0 Å². The van der Waals surface area contributed by atoms with Gasteiger partial charge in [-0.05, 0) is 97.7 Å². The van der Waals surface area contributed by atoms with Crippen LogP contribution in [-0.2, 0) is 32.9 Å². The maximum absolute atomic E-state index is 11.8. The lowest BCUT2D eigenvalue weighted by atomic mass is 9.47. The van der Waals surface area contributed by atoms with E-state index in [0.29, 0.717) is 36.9 Å². The van der Waals surface area contributed by atoms with Crippen LogP contribution in [0.3, 0.4) is 0 Å². The number of allylic oxidation sites excluding steroid dienone is 1. The molecule has 0 aliphatic heterocycles. The second-order valence-electron chi connectivity index (χ2n) is 15.2. The molecule has 0 aromatic heterocycles. The SMILES string of the molecule is CC(C)CCC[C@@H](C)[C@H]1CC[C@H]2[C@@H]3CC=C4C[C@@H](OCCOCCOC(=O)CC[PH](=O)OCC=O)CC[C@]4(C)[C@H]3CC[C@]12C. The molecule has 44 heavy (non-hydrogen) atoms. The zero-order valence-corrected chi connectivity index (χ0v) is 29.3. The zero-order chi connectivity index (χ0) is 31.7. The van der Waals surface area contributed by atoms with Gasteiger partial charge in [0.2, 0.25) is 0 Å². The number of esters is 1. The Morgan fingerprint density at radius 3 is 2.59 bits per heavy atom. The molecule has 4 aliphatic carbocycles. The predicted molar refractivity (Wildman–Crippen MR) is 175 cm³/mol. The van der Waals surface area contributed by atoms with Crippen molar-refractivity contribution < 1.29 is 32.9 Å². The van der Waals surface area contributed by atoms with Gasteiger partial charge in [-0.2, -0.15) is 0 Å². The third-order valence-corrected chi connectivity index (χ3v) is 13.3. The summed E-state index contributed by atoms with van der Waals surface area (Å²) in [6.07, 6.45) is 18.1. The maximum Gasteiger partial charge on any atom is 0.306 e. The Kier molecular flexibility index (Phi) is 13.6. The van der Waals surface area contributed by atoms with Crippen molar-refractivity contribution in [3.63, 3.8) is 0 Å². The summed E-state index contributed by atoms with van der Waals surface area (Å²) < 4.78 is 33.3. The molecular weight excluding hydrogens is 575 g/mol. The van der Waals surface area contributed by atoms with Gasteiger partial charge in [-0.15, -0.1) is 0 Å². The number of ether oxygens (including phenoxy) is 3. The molecule has 0 amide bonds. The number of hydrogen-bond acceptors (Lipinski definition) is 7. The summed E-state index contributed by atoms with van der Waals surface area (Å²) in [6.45, 7) is 13.8. The monoisotopic (exact) mass is 636 g/mol. The van der Waals surface area contributed by atoms with E-state index in [1.54, 1.807) is 5.57 Å². The van der Waals surface area contributed by atoms with E-state index in [9.17, 15) is 14.2 Å². The minimum atomic E-state index is -2.37. The first-order valence-electron chi connectivity index (χ1n) is 17.7. The summed E-state index contributed by atoms with van der Waals surface area (Å²) in [5.41, 5.74) is 2.52. The van der Waals surface area contributed by atoms with Crippen molar-refractivity contribution in [1.82, 2.24) is 0 Å². The van der Waals surface area contributed by atoms with Crippen LogP contribution in [0, 0.1) is 46.3 Å². The summed E-state index contributed by atoms with van der Waals surface area (Å²) >= 11 is 0. The Morgan fingerprint density at radius 1 is 1.02 bits per heavy atom. The molecule has 7 nitrogen and oxygen atoms in total. The van der Waals surface area contributed by atoms with E-state index in [2.05, 4.69) is 40.7 Å². The molecule has 0 heterocycles. The van der Waals surface area contributed by atoms with E-state index in [4.69, 9.17) is 18.7 Å². The van der Waals surface area contributed by atoms with E-state index < -0.39 is 14.0 Å². The number of hydrogen-bond donors (Lipinski definition) is 0. The Morgan fingerprint density at radius 2 is 1.82 bits per heavy atom. The van der Waals surface area contributed by atoms with Gasteiger partial charge in [0.05, 0.1) is 32.3 Å². The molecule has 0 spiro atoms. The van der Waals surface area contributed by atoms with Gasteiger partial charge in [0.1, 0.15) is 19.5 Å². The molecule has 4 aliphatic rings. The second-order valence-corrected chi connectivity index (χ2v) is 16.7. The molecule has 1 unspecified atom stereocenters. The van der Waals surface area contributed by atoms with Gasteiger partial charge in [-0.1, -0.05) is 65.5 Å². The van der Waals surface area contributed by atoms with Gasteiger partial charge in [0.25, 0.3) is 0 Å². The summed E-state index contributed by atoms with van der Waals surface area (Å²) in [5.74, 6) is 4.73. The smallest absolute Gasteiger partial charge is 0.306 e. The highest BCUT2D eigenvalue weighted by atomic mass is 31.1. The first kappa shape index (κ1) is 35.8. The molecule has 0 aromatic rings. The van der Waals surface area contributed by atoms with Crippen molar-refractivity contribution in [1.29, 1.82) is 0 Å². The van der Waals surface area contributed by atoms with E-state index in [0.717, 1.165) is 48.3 Å². The van der Waals surface area contributed by atoms with Crippen LogP contribution in [0.1, 0.15) is 112 Å². The van der Waals surface area contributed by atoms with Crippen molar-refractivity contribution in [3.05, 3.63) is 11.6 Å². The number of aldehydes is 1. The number of fused-ring (bicyclic) bond motifs is 5. The molecule has 3 fully saturated rings. The quantitative estimate of drug-likeness (QED) is 0.0495. The lowest BCUT2D eigenvalue weighted by Gasteiger charge is -2.58. The molecular formula is C36H61O7P. The second kappa shape index (κ2) is 16.7. The Balaban J connectivity index is 1.16. The largest absolute Gasteiger partial charge is 0.463 e. The van der Waals surface area contributed by atoms with E-state index in [-0.39, 0.29) is 31.9 Å². The van der Waals surface area contributed by atoms with Crippen LogP contribution in [0.25, 0.3) is 0 Å². The molecule has 8 heteroatoms. The average molecular weight is 637 g/mol. The topological polar surface area (TPSA) is 88.1 Å². The third-order valence-electron chi connectivity index (χ3n) is 12.2. The van der Waals surface area contributed by atoms with Crippen molar-refractivity contribution >= 4 is 20.3 Å². The molecule has 0 bridgehead atoms. The highest BCUT2D eigenvalue weighted by Gasteiger charge is 2.59. The van der Waals surface area contributed by atoms with Crippen molar-refractivity contribution in [2.45, 2.75) is 118 Å². The van der Waals surface area contributed by atoms with Crippen LogP contribution in [-0.4, -0.2) is 57.6 Å². The van der Waals surface area contributed by atoms with E-state index in [1.807, 2.05) is 0 Å². The molecule has 252 valence electrons. The van der Waals surface area contributed by atoms with Crippen LogP contribution in [0.15, 0.2) is 11.6 Å². The molecule has 0 saturated heterocycles. The van der Waals surface area contributed by atoms with Gasteiger partial charge in [0, 0.05) is 6.16 Å². The van der Waals surface area contributed by atoms with Gasteiger partial charge in [0.15, 0.2) is 8.03 Å². The van der Waals surface area contributed by atoms with Crippen LogP contribution >= 0.6 is 8.03 Å². The fourth-order valence-electron chi connectivity index (χ4n) is 9.86. The normalized spacial score (nSPS) is 34.4. The van der Waals surface area contributed by atoms with E-state index in [1.165, 1.54) is 57.8 Å². The highest BCUT2D eigenvalue weighted by molar-refractivity contribution is 7.39. The number of carbonyl (C=O) groups is 2. The third kappa shape index (κ3) is 8.87. The highest BCUT2D eigenvalue weighted by Crippen LogP contribution is 2.67. The Labute approximate surface area is 267 Å². The predicted octanol–water partition coefficient (Wildman–Crippen LogP) is 8.05. The van der Waals surface area contributed by atoms with Crippen molar-refractivity contribution in [2.24, 2.45) is 46.3 Å². The van der Waals surface area contributed by atoms with Gasteiger partial charge >= 0.3 is 5.97 Å². The summed E-state index contributed by atoms with van der Waals surface area (Å²) in [4.78, 5) is 22.0. The molecule has 0 radical (unpaired) electrons. The zero-order valence-electron chi connectivity index (χ0n) is 28.3. The average Bonchev–Trinajstić information content (AvgIpc) is 3.35. The number of carbonyl (C=O) groups excluding carboxylic acids is 2. The van der Waals surface area contributed by atoms with Gasteiger partial charge in [-0.3, -0.25) is 9.36 Å². The Bertz CT molecular complexity index is 997. The molecule has 0 N–H and O–H groups in total. The lowest BCUT2D eigenvalue weighted by Crippen LogP contribution is -2.51. The van der Waals surface area contributed by atoms with Gasteiger partial charge < -0.3 is 23.5 Å². The van der Waals surface area contributed by atoms with Gasteiger partial charge in [-0.25, -0.2) is 0 Å². The molecule has 9 atom stereocenters. The minimum Gasteiger partial charge on any atom is -0.463 e. The maximum atomic E-state index is 11.8. The first-order chi connectivity index (χ1) is 21.1. The van der Waals surface area contributed by atoms with Crippen LogP contribution in [0.5, 0.6) is 0 Å². The number of rotatable bonds is 18.